The van der Waals surface area contributed by atoms with Crippen molar-refractivity contribution in [2.75, 3.05) is 13.1 Å². The number of rotatable bonds is 4. The molecule has 0 radical (unpaired) electrons. The summed E-state index contributed by atoms with van der Waals surface area (Å²) in [6.07, 6.45) is 5.07. The average Bonchev–Trinajstić information content (AvgIpc) is 3.06. The first-order valence-corrected chi connectivity index (χ1v) is 9.53. The van der Waals surface area contributed by atoms with E-state index in [9.17, 15) is 8.42 Å². The van der Waals surface area contributed by atoms with Gasteiger partial charge in [0.1, 0.15) is 0 Å². The Bertz CT molecular complexity index is 832. The maximum absolute atomic E-state index is 12.7. The summed E-state index contributed by atoms with van der Waals surface area (Å²) in [7, 11) is -3.51. The molecule has 1 atom stereocenters. The number of hydrogen-bond acceptors (Lipinski definition) is 4. The first kappa shape index (κ1) is 15.1. The van der Waals surface area contributed by atoms with E-state index in [1.807, 2.05) is 10.9 Å². The normalized spacial score (nSPS) is 22.6. The van der Waals surface area contributed by atoms with Crippen molar-refractivity contribution in [3.63, 3.8) is 0 Å². The molecule has 1 saturated heterocycles. The SMILES string of the molecule is O=S(=O)(c1cccc(Cl)c1)N1CC[C@@H](n2cc(C3CC3)nn2)C1. The highest BCUT2D eigenvalue weighted by Crippen LogP contribution is 2.39. The van der Waals surface area contributed by atoms with Crippen molar-refractivity contribution in [3.8, 4) is 0 Å². The molecule has 1 aromatic carbocycles. The third-order valence-corrected chi connectivity index (χ3v) is 6.55. The van der Waals surface area contributed by atoms with E-state index in [1.165, 1.54) is 23.2 Å². The molecule has 0 unspecified atom stereocenters. The van der Waals surface area contributed by atoms with Gasteiger partial charge in [0.15, 0.2) is 0 Å². The molecule has 0 spiro atoms. The van der Waals surface area contributed by atoms with E-state index < -0.39 is 10.0 Å². The van der Waals surface area contributed by atoms with Crippen LogP contribution in [0.4, 0.5) is 0 Å². The van der Waals surface area contributed by atoms with Crippen molar-refractivity contribution in [1.29, 1.82) is 0 Å². The van der Waals surface area contributed by atoms with Gasteiger partial charge in [-0.25, -0.2) is 13.1 Å². The zero-order valence-corrected chi connectivity index (χ0v) is 14.0. The quantitative estimate of drug-likeness (QED) is 0.847. The van der Waals surface area contributed by atoms with E-state index in [0.717, 1.165) is 12.1 Å². The molecule has 2 aliphatic rings. The number of hydrogen-bond donors (Lipinski definition) is 0. The molecule has 1 aliphatic carbocycles. The number of nitrogens with zero attached hydrogens (tertiary/aromatic N) is 4. The van der Waals surface area contributed by atoms with E-state index in [4.69, 9.17) is 11.6 Å². The maximum Gasteiger partial charge on any atom is 0.243 e. The van der Waals surface area contributed by atoms with Crippen molar-refractivity contribution in [3.05, 3.63) is 41.2 Å². The largest absolute Gasteiger partial charge is 0.248 e. The number of benzene rings is 1. The summed E-state index contributed by atoms with van der Waals surface area (Å²) in [4.78, 5) is 0.239. The first-order chi connectivity index (χ1) is 11.0. The van der Waals surface area contributed by atoms with Crippen LogP contribution >= 0.6 is 11.6 Å². The van der Waals surface area contributed by atoms with E-state index in [2.05, 4.69) is 10.3 Å². The third-order valence-electron chi connectivity index (χ3n) is 4.46. The van der Waals surface area contributed by atoms with E-state index in [0.29, 0.717) is 24.0 Å². The van der Waals surface area contributed by atoms with Gasteiger partial charge in [0.2, 0.25) is 10.0 Å². The summed E-state index contributed by atoms with van der Waals surface area (Å²) >= 11 is 5.92. The van der Waals surface area contributed by atoms with Gasteiger partial charge < -0.3 is 0 Å². The summed E-state index contributed by atoms with van der Waals surface area (Å²) in [6, 6.07) is 6.44. The molecule has 8 heteroatoms. The van der Waals surface area contributed by atoms with Crippen LogP contribution in [-0.4, -0.2) is 40.8 Å². The van der Waals surface area contributed by atoms with Crippen molar-refractivity contribution in [2.24, 2.45) is 0 Å². The molecular formula is C15H17ClN4O2S. The zero-order valence-electron chi connectivity index (χ0n) is 12.5. The molecular weight excluding hydrogens is 336 g/mol. The Hall–Kier alpha value is -1.44. The predicted molar refractivity (Wildman–Crippen MR) is 85.9 cm³/mol. The summed E-state index contributed by atoms with van der Waals surface area (Å²) in [5, 5.41) is 8.82. The van der Waals surface area contributed by atoms with E-state index in [-0.39, 0.29) is 10.9 Å². The second kappa shape index (κ2) is 5.58. The van der Waals surface area contributed by atoms with Gasteiger partial charge in [0.25, 0.3) is 0 Å². The highest BCUT2D eigenvalue weighted by atomic mass is 35.5. The van der Waals surface area contributed by atoms with Crippen molar-refractivity contribution in [2.45, 2.75) is 36.1 Å². The molecule has 1 aliphatic heterocycles. The summed E-state index contributed by atoms with van der Waals surface area (Å²) < 4.78 is 28.7. The van der Waals surface area contributed by atoms with Crippen LogP contribution in [0, 0.1) is 0 Å². The third kappa shape index (κ3) is 2.88. The van der Waals surface area contributed by atoms with Gasteiger partial charge in [-0.1, -0.05) is 22.9 Å². The van der Waals surface area contributed by atoms with Crippen LogP contribution in [0.5, 0.6) is 0 Å². The highest BCUT2D eigenvalue weighted by Gasteiger charge is 2.35. The molecule has 6 nitrogen and oxygen atoms in total. The monoisotopic (exact) mass is 352 g/mol. The molecule has 2 aromatic rings. The first-order valence-electron chi connectivity index (χ1n) is 7.71. The molecule has 1 aromatic heterocycles. The highest BCUT2D eigenvalue weighted by molar-refractivity contribution is 7.89. The number of halogens is 1. The van der Waals surface area contributed by atoms with Crippen LogP contribution < -0.4 is 0 Å². The molecule has 0 bridgehead atoms. The molecule has 0 amide bonds. The van der Waals surface area contributed by atoms with Gasteiger partial charge in [-0.15, -0.1) is 5.10 Å². The maximum atomic E-state index is 12.7. The summed E-state index contributed by atoms with van der Waals surface area (Å²) in [5.41, 5.74) is 1.03. The van der Waals surface area contributed by atoms with Crippen molar-refractivity contribution < 1.29 is 8.42 Å². The summed E-state index contributed by atoms with van der Waals surface area (Å²) in [5.74, 6) is 0.552. The van der Waals surface area contributed by atoms with Crippen LogP contribution in [0.3, 0.4) is 0 Å². The van der Waals surface area contributed by atoms with Gasteiger partial charge in [-0.3, -0.25) is 0 Å². The van der Waals surface area contributed by atoms with Crippen LogP contribution in [0.1, 0.15) is 36.9 Å². The molecule has 4 rings (SSSR count). The Balaban J connectivity index is 1.52. The second-order valence-electron chi connectivity index (χ2n) is 6.16. The molecule has 122 valence electrons. The zero-order chi connectivity index (χ0) is 16.0. The summed E-state index contributed by atoms with van der Waals surface area (Å²) in [6.45, 7) is 0.903. The lowest BCUT2D eigenvalue weighted by Crippen LogP contribution is -2.29. The molecule has 1 saturated carbocycles. The second-order valence-corrected chi connectivity index (χ2v) is 8.53. The minimum Gasteiger partial charge on any atom is -0.248 e. The Morgan fingerprint density at radius 1 is 1.22 bits per heavy atom. The number of sulfonamides is 1. The predicted octanol–water partition coefficient (Wildman–Crippen LogP) is 2.44. The van der Waals surface area contributed by atoms with Crippen molar-refractivity contribution in [1.82, 2.24) is 19.3 Å². The number of aromatic nitrogens is 3. The van der Waals surface area contributed by atoms with Crippen LogP contribution in [0.15, 0.2) is 35.4 Å². The Morgan fingerprint density at radius 2 is 2.04 bits per heavy atom. The Kier molecular flexibility index (Phi) is 3.66. The minimum atomic E-state index is -3.51. The fraction of sp³-hybridized carbons (Fsp3) is 0.467. The van der Waals surface area contributed by atoms with Crippen LogP contribution in [0.25, 0.3) is 0 Å². The van der Waals surface area contributed by atoms with Crippen LogP contribution in [0.2, 0.25) is 5.02 Å². The molecule has 2 heterocycles. The molecule has 0 N–H and O–H groups in total. The lowest BCUT2D eigenvalue weighted by molar-refractivity contribution is 0.428. The Morgan fingerprint density at radius 3 is 2.78 bits per heavy atom. The molecule has 23 heavy (non-hydrogen) atoms. The Labute approximate surface area is 140 Å². The van der Waals surface area contributed by atoms with E-state index in [1.54, 1.807) is 18.2 Å². The van der Waals surface area contributed by atoms with Crippen LogP contribution in [-0.2, 0) is 10.0 Å². The fourth-order valence-corrected chi connectivity index (χ4v) is 4.75. The van der Waals surface area contributed by atoms with Gasteiger partial charge in [0.05, 0.1) is 16.6 Å². The van der Waals surface area contributed by atoms with Crippen molar-refractivity contribution >= 4 is 21.6 Å². The van der Waals surface area contributed by atoms with Gasteiger partial charge in [0, 0.05) is 30.2 Å². The topological polar surface area (TPSA) is 68.1 Å². The smallest absolute Gasteiger partial charge is 0.243 e. The van der Waals surface area contributed by atoms with E-state index >= 15 is 0 Å². The lowest BCUT2D eigenvalue weighted by atomic mass is 10.2. The average molecular weight is 353 g/mol. The standard InChI is InChI=1S/C15H17ClN4O2S/c16-12-2-1-3-14(8-12)23(21,22)19-7-6-13(9-19)20-10-15(17-18-20)11-4-5-11/h1-3,8,10-11,13H,4-7,9H2/t13-/m1/s1. The lowest BCUT2D eigenvalue weighted by Gasteiger charge is -2.16. The van der Waals surface area contributed by atoms with Gasteiger partial charge >= 0.3 is 0 Å². The van der Waals surface area contributed by atoms with Gasteiger partial charge in [-0.2, -0.15) is 4.31 Å². The van der Waals surface area contributed by atoms with Gasteiger partial charge in [-0.05, 0) is 37.5 Å². The molecule has 2 fully saturated rings. The fourth-order valence-electron chi connectivity index (χ4n) is 2.96. The minimum absolute atomic E-state index is 0.0453.